The third kappa shape index (κ3) is 3.76. The van der Waals surface area contributed by atoms with E-state index in [-0.39, 0.29) is 11.8 Å². The molecule has 1 rings (SSSR count). The molecular formula is C12H25N3O. The van der Waals surface area contributed by atoms with Gasteiger partial charge in [0, 0.05) is 19.6 Å². The van der Waals surface area contributed by atoms with Gasteiger partial charge in [0.15, 0.2) is 0 Å². The Balaban J connectivity index is 2.28. The molecule has 0 radical (unpaired) electrons. The van der Waals surface area contributed by atoms with Gasteiger partial charge in [-0.25, -0.2) is 0 Å². The van der Waals surface area contributed by atoms with E-state index in [4.69, 9.17) is 5.73 Å². The summed E-state index contributed by atoms with van der Waals surface area (Å²) >= 11 is 0. The van der Waals surface area contributed by atoms with Gasteiger partial charge in [-0.2, -0.15) is 0 Å². The summed E-state index contributed by atoms with van der Waals surface area (Å²) < 4.78 is 0. The van der Waals surface area contributed by atoms with Crippen LogP contribution in [-0.4, -0.2) is 44.0 Å². The van der Waals surface area contributed by atoms with Crippen molar-refractivity contribution in [2.45, 2.75) is 20.3 Å². The van der Waals surface area contributed by atoms with Gasteiger partial charge in [-0.1, -0.05) is 13.8 Å². The normalized spacial score (nSPS) is 23.7. The molecule has 0 aromatic carbocycles. The first-order valence-electron chi connectivity index (χ1n) is 6.21. The summed E-state index contributed by atoms with van der Waals surface area (Å²) in [6.45, 7) is 7.56. The number of hydrogen-bond donors (Lipinski definition) is 2. The number of nitrogens with one attached hydrogen (secondary N) is 1. The SMILES string of the molecule is CC(C)C(CN)C(=O)NCC1CCN(C)C1. The maximum atomic E-state index is 11.8. The largest absolute Gasteiger partial charge is 0.355 e. The van der Waals surface area contributed by atoms with Crippen LogP contribution >= 0.6 is 0 Å². The molecule has 1 heterocycles. The van der Waals surface area contributed by atoms with Crippen molar-refractivity contribution >= 4 is 5.91 Å². The number of amides is 1. The molecule has 0 saturated carbocycles. The zero-order valence-electron chi connectivity index (χ0n) is 10.7. The summed E-state index contributed by atoms with van der Waals surface area (Å²) in [5.74, 6) is 1.00. The summed E-state index contributed by atoms with van der Waals surface area (Å²) in [6, 6.07) is 0. The van der Waals surface area contributed by atoms with E-state index in [0.29, 0.717) is 18.4 Å². The molecule has 1 aliphatic rings. The Morgan fingerprint density at radius 3 is 2.69 bits per heavy atom. The molecule has 4 nitrogen and oxygen atoms in total. The van der Waals surface area contributed by atoms with Gasteiger partial charge in [0.05, 0.1) is 5.92 Å². The molecule has 16 heavy (non-hydrogen) atoms. The van der Waals surface area contributed by atoms with Crippen molar-refractivity contribution in [3.8, 4) is 0 Å². The lowest BCUT2D eigenvalue weighted by atomic mass is 9.95. The lowest BCUT2D eigenvalue weighted by molar-refractivity contribution is -0.126. The van der Waals surface area contributed by atoms with E-state index >= 15 is 0 Å². The maximum Gasteiger partial charge on any atom is 0.224 e. The molecule has 4 heteroatoms. The Morgan fingerprint density at radius 2 is 2.25 bits per heavy atom. The summed E-state index contributed by atoms with van der Waals surface area (Å²) in [7, 11) is 2.12. The number of likely N-dealkylation sites (tertiary alicyclic amines) is 1. The standard InChI is InChI=1S/C12H25N3O/c1-9(2)11(6-13)12(16)14-7-10-4-5-15(3)8-10/h9-11H,4-8,13H2,1-3H3,(H,14,16). The predicted molar refractivity (Wildman–Crippen MR) is 66.0 cm³/mol. The van der Waals surface area contributed by atoms with Crippen LogP contribution in [0.15, 0.2) is 0 Å². The van der Waals surface area contributed by atoms with Gasteiger partial charge in [0.25, 0.3) is 0 Å². The molecule has 1 fully saturated rings. The Kier molecular flexibility index (Phi) is 5.22. The van der Waals surface area contributed by atoms with Gasteiger partial charge in [-0.15, -0.1) is 0 Å². The molecule has 3 N–H and O–H groups in total. The molecule has 0 aromatic rings. The number of hydrogen-bond acceptors (Lipinski definition) is 3. The molecule has 0 aromatic heterocycles. The Hall–Kier alpha value is -0.610. The minimum atomic E-state index is -0.0425. The highest BCUT2D eigenvalue weighted by Crippen LogP contribution is 2.14. The Bertz CT molecular complexity index is 230. The second kappa shape index (κ2) is 6.21. The molecule has 0 aliphatic carbocycles. The fourth-order valence-electron chi connectivity index (χ4n) is 2.25. The van der Waals surface area contributed by atoms with Crippen LogP contribution in [0.2, 0.25) is 0 Å². The molecule has 1 saturated heterocycles. The fourth-order valence-corrected chi connectivity index (χ4v) is 2.25. The average molecular weight is 227 g/mol. The molecule has 1 amide bonds. The minimum absolute atomic E-state index is 0.0425. The Morgan fingerprint density at radius 1 is 1.56 bits per heavy atom. The van der Waals surface area contributed by atoms with E-state index in [1.54, 1.807) is 0 Å². The first-order chi connectivity index (χ1) is 7.54. The second-order valence-electron chi connectivity index (χ2n) is 5.25. The number of nitrogens with zero attached hydrogens (tertiary/aromatic N) is 1. The van der Waals surface area contributed by atoms with Crippen LogP contribution in [0.1, 0.15) is 20.3 Å². The first-order valence-corrected chi connectivity index (χ1v) is 6.21. The monoisotopic (exact) mass is 227 g/mol. The summed E-state index contributed by atoms with van der Waals surface area (Å²) in [4.78, 5) is 14.2. The van der Waals surface area contributed by atoms with Crippen molar-refractivity contribution < 1.29 is 4.79 Å². The number of rotatable bonds is 5. The van der Waals surface area contributed by atoms with Crippen LogP contribution < -0.4 is 11.1 Å². The average Bonchev–Trinajstić information content (AvgIpc) is 2.62. The van der Waals surface area contributed by atoms with Crippen LogP contribution in [-0.2, 0) is 4.79 Å². The second-order valence-corrected chi connectivity index (χ2v) is 5.25. The van der Waals surface area contributed by atoms with E-state index in [1.165, 1.54) is 6.42 Å². The van der Waals surface area contributed by atoms with Crippen LogP contribution in [0.4, 0.5) is 0 Å². The van der Waals surface area contributed by atoms with Gasteiger partial charge in [-0.05, 0) is 31.8 Å². The van der Waals surface area contributed by atoms with Crippen LogP contribution in [0.3, 0.4) is 0 Å². The predicted octanol–water partition coefficient (Wildman–Crippen LogP) is 0.285. The smallest absolute Gasteiger partial charge is 0.224 e. The van der Waals surface area contributed by atoms with Crippen LogP contribution in [0.5, 0.6) is 0 Å². The molecule has 1 aliphatic heterocycles. The van der Waals surface area contributed by atoms with Crippen molar-refractivity contribution in [3.63, 3.8) is 0 Å². The highest BCUT2D eigenvalue weighted by atomic mass is 16.1. The maximum absolute atomic E-state index is 11.8. The molecule has 0 spiro atoms. The quantitative estimate of drug-likeness (QED) is 0.709. The van der Waals surface area contributed by atoms with Crippen molar-refractivity contribution in [1.82, 2.24) is 10.2 Å². The van der Waals surface area contributed by atoms with Gasteiger partial charge < -0.3 is 16.0 Å². The van der Waals surface area contributed by atoms with Gasteiger partial charge >= 0.3 is 0 Å². The zero-order valence-corrected chi connectivity index (χ0v) is 10.7. The van der Waals surface area contributed by atoms with Gasteiger partial charge in [0.1, 0.15) is 0 Å². The molecule has 2 atom stereocenters. The van der Waals surface area contributed by atoms with Crippen molar-refractivity contribution in [2.24, 2.45) is 23.5 Å². The van der Waals surface area contributed by atoms with Crippen LogP contribution in [0.25, 0.3) is 0 Å². The molecular weight excluding hydrogens is 202 g/mol. The number of carbonyl (C=O) groups is 1. The molecule has 94 valence electrons. The highest BCUT2D eigenvalue weighted by molar-refractivity contribution is 5.79. The van der Waals surface area contributed by atoms with E-state index < -0.39 is 0 Å². The van der Waals surface area contributed by atoms with Crippen molar-refractivity contribution in [2.75, 3.05) is 33.2 Å². The van der Waals surface area contributed by atoms with Gasteiger partial charge in [-0.3, -0.25) is 4.79 Å². The van der Waals surface area contributed by atoms with Crippen molar-refractivity contribution in [3.05, 3.63) is 0 Å². The number of carbonyl (C=O) groups excluding carboxylic acids is 1. The summed E-state index contributed by atoms with van der Waals surface area (Å²) in [5.41, 5.74) is 5.61. The van der Waals surface area contributed by atoms with Crippen molar-refractivity contribution in [1.29, 1.82) is 0 Å². The third-order valence-electron chi connectivity index (χ3n) is 3.45. The summed E-state index contributed by atoms with van der Waals surface area (Å²) in [6.07, 6.45) is 1.19. The van der Waals surface area contributed by atoms with E-state index in [1.807, 2.05) is 13.8 Å². The molecule has 2 unspecified atom stereocenters. The number of nitrogens with two attached hydrogens (primary N) is 1. The van der Waals surface area contributed by atoms with E-state index in [0.717, 1.165) is 19.6 Å². The van der Waals surface area contributed by atoms with E-state index in [9.17, 15) is 4.79 Å². The Labute approximate surface area is 98.6 Å². The van der Waals surface area contributed by atoms with Gasteiger partial charge in [0.2, 0.25) is 5.91 Å². The van der Waals surface area contributed by atoms with Crippen LogP contribution in [0, 0.1) is 17.8 Å². The lowest BCUT2D eigenvalue weighted by Gasteiger charge is -2.19. The topological polar surface area (TPSA) is 58.4 Å². The highest BCUT2D eigenvalue weighted by Gasteiger charge is 2.23. The lowest BCUT2D eigenvalue weighted by Crippen LogP contribution is -2.40. The fraction of sp³-hybridized carbons (Fsp3) is 0.917. The molecule has 0 bridgehead atoms. The first kappa shape index (κ1) is 13.5. The zero-order chi connectivity index (χ0) is 12.1. The van der Waals surface area contributed by atoms with E-state index in [2.05, 4.69) is 17.3 Å². The summed E-state index contributed by atoms with van der Waals surface area (Å²) in [5, 5.41) is 3.03. The minimum Gasteiger partial charge on any atom is -0.355 e. The third-order valence-corrected chi connectivity index (χ3v) is 3.45.